The number of aromatic amines is 1. The van der Waals surface area contributed by atoms with E-state index in [1.54, 1.807) is 18.3 Å². The van der Waals surface area contributed by atoms with E-state index in [4.69, 9.17) is 4.74 Å². The van der Waals surface area contributed by atoms with Crippen molar-refractivity contribution in [3.63, 3.8) is 0 Å². The highest BCUT2D eigenvalue weighted by Gasteiger charge is 2.27. The number of hydrogen-bond donors (Lipinski definition) is 1. The molecule has 1 atom stereocenters. The van der Waals surface area contributed by atoms with E-state index >= 15 is 0 Å². The molecule has 1 saturated heterocycles. The van der Waals surface area contributed by atoms with Gasteiger partial charge in [0.1, 0.15) is 11.6 Å². The standard InChI is InChI=1S/C19H19FN4O/c20-16-3-1-15(2-4-16)17-11-22-19(23-17)18-13-25-10-9-24(18)12-14-5-7-21-8-6-14/h1-8,11,18H,9-10,12-13H2,(H,22,23)/t18-/m0/s1. The molecule has 0 bridgehead atoms. The molecule has 1 N–H and O–H groups in total. The Morgan fingerprint density at radius 3 is 2.76 bits per heavy atom. The maximum absolute atomic E-state index is 13.1. The maximum Gasteiger partial charge on any atom is 0.126 e. The van der Waals surface area contributed by atoms with Gasteiger partial charge in [0.15, 0.2) is 0 Å². The fraction of sp³-hybridized carbons (Fsp3) is 0.263. The lowest BCUT2D eigenvalue weighted by atomic mass is 10.1. The van der Waals surface area contributed by atoms with Crippen LogP contribution in [0.1, 0.15) is 17.4 Å². The summed E-state index contributed by atoms with van der Waals surface area (Å²) in [6.07, 6.45) is 5.41. The zero-order valence-electron chi connectivity index (χ0n) is 13.7. The van der Waals surface area contributed by atoms with Gasteiger partial charge in [-0.15, -0.1) is 0 Å². The molecule has 1 aliphatic rings. The Hall–Kier alpha value is -2.57. The van der Waals surface area contributed by atoms with Gasteiger partial charge < -0.3 is 9.72 Å². The van der Waals surface area contributed by atoms with Crippen molar-refractivity contribution in [1.82, 2.24) is 19.9 Å². The van der Waals surface area contributed by atoms with Gasteiger partial charge in [-0.1, -0.05) is 0 Å². The van der Waals surface area contributed by atoms with Gasteiger partial charge in [0.05, 0.1) is 31.1 Å². The number of nitrogens with zero attached hydrogens (tertiary/aromatic N) is 3. The Labute approximate surface area is 145 Å². The highest BCUT2D eigenvalue weighted by atomic mass is 19.1. The molecule has 1 aliphatic heterocycles. The van der Waals surface area contributed by atoms with Crippen molar-refractivity contribution in [2.75, 3.05) is 19.8 Å². The summed E-state index contributed by atoms with van der Waals surface area (Å²) in [6, 6.07) is 10.5. The first-order chi connectivity index (χ1) is 12.3. The van der Waals surface area contributed by atoms with Crippen LogP contribution in [0, 0.1) is 5.82 Å². The minimum atomic E-state index is -0.243. The van der Waals surface area contributed by atoms with Crippen LogP contribution in [0.3, 0.4) is 0 Å². The third-order valence-electron chi connectivity index (χ3n) is 4.44. The highest BCUT2D eigenvalue weighted by Crippen LogP contribution is 2.26. The predicted octanol–water partition coefficient (Wildman–Crippen LogP) is 3.18. The van der Waals surface area contributed by atoms with Crippen molar-refractivity contribution in [3.8, 4) is 11.3 Å². The Bertz CT molecular complexity index is 819. The van der Waals surface area contributed by atoms with E-state index in [0.29, 0.717) is 13.2 Å². The molecule has 0 saturated carbocycles. The first kappa shape index (κ1) is 15.9. The third-order valence-corrected chi connectivity index (χ3v) is 4.44. The van der Waals surface area contributed by atoms with Crippen LogP contribution >= 0.6 is 0 Å². The summed E-state index contributed by atoms with van der Waals surface area (Å²) in [5, 5.41) is 0. The van der Waals surface area contributed by atoms with E-state index in [2.05, 4.69) is 19.9 Å². The van der Waals surface area contributed by atoms with Crippen molar-refractivity contribution in [3.05, 3.63) is 72.2 Å². The number of H-pyrrole nitrogens is 1. The van der Waals surface area contributed by atoms with Crippen molar-refractivity contribution < 1.29 is 9.13 Å². The molecular formula is C19H19FN4O. The Morgan fingerprint density at radius 2 is 1.96 bits per heavy atom. The quantitative estimate of drug-likeness (QED) is 0.794. The molecule has 0 aliphatic carbocycles. The monoisotopic (exact) mass is 338 g/mol. The summed E-state index contributed by atoms with van der Waals surface area (Å²) < 4.78 is 18.8. The first-order valence-corrected chi connectivity index (χ1v) is 8.31. The number of halogens is 1. The fourth-order valence-corrected chi connectivity index (χ4v) is 3.08. The normalized spacial score (nSPS) is 18.4. The van der Waals surface area contributed by atoms with Crippen molar-refractivity contribution in [1.29, 1.82) is 0 Å². The average molecular weight is 338 g/mol. The molecule has 3 aromatic rings. The zero-order valence-corrected chi connectivity index (χ0v) is 13.7. The molecule has 25 heavy (non-hydrogen) atoms. The largest absolute Gasteiger partial charge is 0.378 e. The molecule has 1 aromatic carbocycles. The Morgan fingerprint density at radius 1 is 1.16 bits per heavy atom. The molecule has 128 valence electrons. The van der Waals surface area contributed by atoms with Gasteiger partial charge >= 0.3 is 0 Å². The van der Waals surface area contributed by atoms with Crippen molar-refractivity contribution in [2.24, 2.45) is 0 Å². The van der Waals surface area contributed by atoms with Gasteiger partial charge in [0.25, 0.3) is 0 Å². The van der Waals surface area contributed by atoms with E-state index in [-0.39, 0.29) is 11.9 Å². The summed E-state index contributed by atoms with van der Waals surface area (Å²) in [7, 11) is 0. The molecule has 2 aromatic heterocycles. The first-order valence-electron chi connectivity index (χ1n) is 8.31. The van der Waals surface area contributed by atoms with Crippen LogP contribution in [-0.4, -0.2) is 39.6 Å². The molecule has 0 unspecified atom stereocenters. The molecule has 3 heterocycles. The Kier molecular flexibility index (Phi) is 4.54. The molecule has 0 radical (unpaired) electrons. The van der Waals surface area contributed by atoms with Crippen LogP contribution in [0.5, 0.6) is 0 Å². The second-order valence-electron chi connectivity index (χ2n) is 6.11. The molecule has 0 amide bonds. The van der Waals surface area contributed by atoms with Gasteiger partial charge in [0.2, 0.25) is 0 Å². The lowest BCUT2D eigenvalue weighted by Gasteiger charge is -2.34. The number of hydrogen-bond acceptors (Lipinski definition) is 4. The van der Waals surface area contributed by atoms with E-state index in [1.807, 2.05) is 24.5 Å². The number of morpholine rings is 1. The molecular weight excluding hydrogens is 319 g/mol. The van der Waals surface area contributed by atoms with Crippen LogP contribution in [-0.2, 0) is 11.3 Å². The van der Waals surface area contributed by atoms with Crippen LogP contribution in [0.4, 0.5) is 4.39 Å². The topological polar surface area (TPSA) is 54.0 Å². The van der Waals surface area contributed by atoms with E-state index in [1.165, 1.54) is 17.7 Å². The summed E-state index contributed by atoms with van der Waals surface area (Å²) in [6.45, 7) is 2.98. The number of pyridine rings is 1. The summed E-state index contributed by atoms with van der Waals surface area (Å²) in [5.41, 5.74) is 3.01. The zero-order chi connectivity index (χ0) is 17.1. The molecule has 0 spiro atoms. The number of benzene rings is 1. The molecule has 4 rings (SSSR count). The van der Waals surface area contributed by atoms with E-state index in [0.717, 1.165) is 30.2 Å². The van der Waals surface area contributed by atoms with Gasteiger partial charge in [-0.2, -0.15) is 0 Å². The molecule has 5 nitrogen and oxygen atoms in total. The minimum Gasteiger partial charge on any atom is -0.378 e. The number of rotatable bonds is 4. The SMILES string of the molecule is Fc1ccc(-c2cnc([C@@H]3COCCN3Cc3ccncc3)[nH]2)cc1. The highest BCUT2D eigenvalue weighted by molar-refractivity contribution is 5.58. The van der Waals surface area contributed by atoms with Gasteiger partial charge in [-0.25, -0.2) is 9.37 Å². The Balaban J connectivity index is 1.55. The van der Waals surface area contributed by atoms with Crippen LogP contribution in [0.2, 0.25) is 0 Å². The second kappa shape index (κ2) is 7.13. The van der Waals surface area contributed by atoms with Crippen molar-refractivity contribution in [2.45, 2.75) is 12.6 Å². The smallest absolute Gasteiger partial charge is 0.126 e. The number of imidazole rings is 1. The minimum absolute atomic E-state index is 0.0658. The van der Waals surface area contributed by atoms with Gasteiger partial charge in [-0.3, -0.25) is 9.88 Å². The van der Waals surface area contributed by atoms with Crippen LogP contribution in [0.15, 0.2) is 55.0 Å². The third kappa shape index (κ3) is 3.60. The number of ether oxygens (including phenoxy) is 1. The fourth-order valence-electron chi connectivity index (χ4n) is 3.08. The molecule has 6 heteroatoms. The predicted molar refractivity (Wildman–Crippen MR) is 92.2 cm³/mol. The van der Waals surface area contributed by atoms with E-state index < -0.39 is 0 Å². The maximum atomic E-state index is 13.1. The molecule has 1 fully saturated rings. The van der Waals surface area contributed by atoms with Gasteiger partial charge in [-0.05, 0) is 47.5 Å². The number of nitrogens with one attached hydrogen (secondary N) is 1. The van der Waals surface area contributed by atoms with Crippen LogP contribution in [0.25, 0.3) is 11.3 Å². The lowest BCUT2D eigenvalue weighted by molar-refractivity contribution is -0.0156. The van der Waals surface area contributed by atoms with E-state index in [9.17, 15) is 4.39 Å². The van der Waals surface area contributed by atoms with Gasteiger partial charge in [0, 0.05) is 25.5 Å². The average Bonchev–Trinajstić information content (AvgIpc) is 3.14. The summed E-state index contributed by atoms with van der Waals surface area (Å²) >= 11 is 0. The number of aromatic nitrogens is 3. The lowest BCUT2D eigenvalue weighted by Crippen LogP contribution is -2.39. The summed E-state index contributed by atoms with van der Waals surface area (Å²) in [4.78, 5) is 14.3. The van der Waals surface area contributed by atoms with Crippen molar-refractivity contribution >= 4 is 0 Å². The summed E-state index contributed by atoms with van der Waals surface area (Å²) in [5.74, 6) is 0.626. The second-order valence-corrected chi connectivity index (χ2v) is 6.11. The van der Waals surface area contributed by atoms with Crippen LogP contribution < -0.4 is 0 Å².